The Morgan fingerprint density at radius 2 is 1.75 bits per heavy atom. The van der Waals surface area contributed by atoms with Crippen LogP contribution in [0, 0.1) is 11.6 Å². The summed E-state index contributed by atoms with van der Waals surface area (Å²) in [6.07, 6.45) is 3.67. The van der Waals surface area contributed by atoms with Crippen molar-refractivity contribution >= 4 is 0 Å². The van der Waals surface area contributed by atoms with E-state index in [0.29, 0.717) is 5.75 Å². The summed E-state index contributed by atoms with van der Waals surface area (Å²) >= 11 is 0. The van der Waals surface area contributed by atoms with Crippen LogP contribution in [0.4, 0.5) is 8.78 Å². The first-order valence-corrected chi connectivity index (χ1v) is 5.52. The van der Waals surface area contributed by atoms with Crippen LogP contribution in [0.1, 0.15) is 25.7 Å². The lowest BCUT2D eigenvalue weighted by atomic mass is 9.94. The van der Waals surface area contributed by atoms with Crippen molar-refractivity contribution in [1.29, 1.82) is 0 Å². The second-order valence-corrected chi connectivity index (χ2v) is 4.23. The lowest BCUT2D eigenvalue weighted by molar-refractivity contribution is 0.146. The molecule has 16 heavy (non-hydrogen) atoms. The number of rotatable bonds is 2. The topological polar surface area (TPSA) is 35.2 Å². The molecule has 1 aliphatic rings. The molecule has 0 saturated heterocycles. The highest BCUT2D eigenvalue weighted by molar-refractivity contribution is 5.23. The molecule has 1 saturated carbocycles. The van der Waals surface area contributed by atoms with Crippen molar-refractivity contribution in [2.75, 3.05) is 0 Å². The summed E-state index contributed by atoms with van der Waals surface area (Å²) in [7, 11) is 0. The number of ether oxygens (including phenoxy) is 1. The minimum atomic E-state index is -0.870. The summed E-state index contributed by atoms with van der Waals surface area (Å²) in [5.74, 6) is -1.33. The summed E-state index contributed by atoms with van der Waals surface area (Å²) in [5, 5.41) is 0. The van der Waals surface area contributed by atoms with Crippen molar-refractivity contribution in [3.63, 3.8) is 0 Å². The van der Waals surface area contributed by atoms with E-state index in [1.807, 2.05) is 0 Å². The summed E-state index contributed by atoms with van der Waals surface area (Å²) in [4.78, 5) is 0. The molecule has 0 aromatic heterocycles. The Hall–Kier alpha value is -1.16. The van der Waals surface area contributed by atoms with E-state index >= 15 is 0 Å². The van der Waals surface area contributed by atoms with Crippen LogP contribution in [0.2, 0.25) is 0 Å². The van der Waals surface area contributed by atoms with Gasteiger partial charge in [-0.2, -0.15) is 0 Å². The molecule has 88 valence electrons. The van der Waals surface area contributed by atoms with Crippen molar-refractivity contribution in [3.8, 4) is 5.75 Å². The van der Waals surface area contributed by atoms with Crippen LogP contribution in [-0.2, 0) is 0 Å². The van der Waals surface area contributed by atoms with Crippen molar-refractivity contribution in [2.24, 2.45) is 5.73 Å². The minimum absolute atomic E-state index is 0.0738. The molecule has 2 nitrogen and oxygen atoms in total. The highest BCUT2D eigenvalue weighted by Crippen LogP contribution is 2.24. The molecule has 0 aliphatic heterocycles. The first-order chi connectivity index (χ1) is 7.65. The van der Waals surface area contributed by atoms with E-state index in [4.69, 9.17) is 10.5 Å². The van der Waals surface area contributed by atoms with Gasteiger partial charge in [-0.15, -0.1) is 0 Å². The number of hydrogen-bond acceptors (Lipinski definition) is 2. The highest BCUT2D eigenvalue weighted by atomic mass is 19.2. The predicted molar refractivity (Wildman–Crippen MR) is 57.2 cm³/mol. The van der Waals surface area contributed by atoms with Gasteiger partial charge in [-0.05, 0) is 37.8 Å². The van der Waals surface area contributed by atoms with E-state index < -0.39 is 11.6 Å². The average molecular weight is 227 g/mol. The Kier molecular flexibility index (Phi) is 3.39. The Labute approximate surface area is 93.4 Å². The molecule has 0 radical (unpaired) electrons. The van der Waals surface area contributed by atoms with Gasteiger partial charge < -0.3 is 10.5 Å². The fourth-order valence-corrected chi connectivity index (χ4v) is 1.95. The van der Waals surface area contributed by atoms with Gasteiger partial charge in [0, 0.05) is 12.1 Å². The summed E-state index contributed by atoms with van der Waals surface area (Å²) in [5.41, 5.74) is 5.77. The smallest absolute Gasteiger partial charge is 0.162 e. The third-order valence-electron chi connectivity index (χ3n) is 2.91. The van der Waals surface area contributed by atoms with Crippen LogP contribution in [0.25, 0.3) is 0 Å². The predicted octanol–water partition coefficient (Wildman–Crippen LogP) is 2.61. The van der Waals surface area contributed by atoms with E-state index in [-0.39, 0.29) is 12.1 Å². The van der Waals surface area contributed by atoms with E-state index in [2.05, 4.69) is 0 Å². The standard InChI is InChI=1S/C12H15F2NO/c13-11-6-5-10(7-12(11)14)16-9-3-1-8(15)2-4-9/h5-9H,1-4,15H2. The van der Waals surface area contributed by atoms with E-state index in [1.54, 1.807) is 0 Å². The maximum atomic E-state index is 12.9. The molecule has 2 rings (SSSR count). The number of benzene rings is 1. The number of halogens is 2. The zero-order chi connectivity index (χ0) is 11.5. The molecular formula is C12H15F2NO. The van der Waals surface area contributed by atoms with Gasteiger partial charge in [-0.25, -0.2) is 8.78 Å². The molecule has 0 atom stereocenters. The van der Waals surface area contributed by atoms with Crippen molar-refractivity contribution < 1.29 is 13.5 Å². The van der Waals surface area contributed by atoms with Gasteiger partial charge in [0.15, 0.2) is 11.6 Å². The first-order valence-electron chi connectivity index (χ1n) is 5.52. The monoisotopic (exact) mass is 227 g/mol. The van der Waals surface area contributed by atoms with Crippen molar-refractivity contribution in [2.45, 2.75) is 37.8 Å². The molecule has 0 unspecified atom stereocenters. The summed E-state index contributed by atoms with van der Waals surface area (Å²) in [6, 6.07) is 3.88. The summed E-state index contributed by atoms with van der Waals surface area (Å²) < 4.78 is 31.2. The fourth-order valence-electron chi connectivity index (χ4n) is 1.95. The van der Waals surface area contributed by atoms with Crippen molar-refractivity contribution in [3.05, 3.63) is 29.8 Å². The maximum Gasteiger partial charge on any atom is 0.162 e. The largest absolute Gasteiger partial charge is 0.490 e. The first kappa shape index (κ1) is 11.3. The molecule has 1 aromatic carbocycles. The molecule has 2 N–H and O–H groups in total. The Morgan fingerprint density at radius 3 is 2.38 bits per heavy atom. The van der Waals surface area contributed by atoms with Crippen LogP contribution >= 0.6 is 0 Å². The van der Waals surface area contributed by atoms with Crippen LogP contribution in [0.3, 0.4) is 0 Å². The number of hydrogen-bond donors (Lipinski definition) is 1. The Morgan fingerprint density at radius 1 is 1.06 bits per heavy atom. The zero-order valence-electron chi connectivity index (χ0n) is 8.96. The summed E-state index contributed by atoms with van der Waals surface area (Å²) in [6.45, 7) is 0. The van der Waals surface area contributed by atoms with Crippen molar-refractivity contribution in [1.82, 2.24) is 0 Å². The van der Waals surface area contributed by atoms with Gasteiger partial charge in [0.25, 0.3) is 0 Å². The average Bonchev–Trinajstić information content (AvgIpc) is 2.27. The molecule has 0 heterocycles. The normalized spacial score (nSPS) is 25.4. The van der Waals surface area contributed by atoms with E-state index in [9.17, 15) is 8.78 Å². The Balaban J connectivity index is 1.96. The quantitative estimate of drug-likeness (QED) is 0.842. The third-order valence-corrected chi connectivity index (χ3v) is 2.91. The highest BCUT2D eigenvalue weighted by Gasteiger charge is 2.20. The molecular weight excluding hydrogens is 212 g/mol. The molecule has 1 fully saturated rings. The molecule has 0 amide bonds. The SMILES string of the molecule is NC1CCC(Oc2ccc(F)c(F)c2)CC1. The molecule has 1 aliphatic carbocycles. The van der Waals surface area contributed by atoms with Gasteiger partial charge in [-0.1, -0.05) is 0 Å². The Bertz CT molecular complexity index is 362. The zero-order valence-corrected chi connectivity index (χ0v) is 8.96. The van der Waals surface area contributed by atoms with E-state index in [1.165, 1.54) is 6.07 Å². The second-order valence-electron chi connectivity index (χ2n) is 4.23. The molecule has 0 spiro atoms. The van der Waals surface area contributed by atoms with Gasteiger partial charge in [-0.3, -0.25) is 0 Å². The van der Waals surface area contributed by atoms with Crippen LogP contribution in [0.15, 0.2) is 18.2 Å². The van der Waals surface area contributed by atoms with Gasteiger partial charge in [0.2, 0.25) is 0 Å². The minimum Gasteiger partial charge on any atom is -0.490 e. The second kappa shape index (κ2) is 4.78. The lowest BCUT2D eigenvalue weighted by Crippen LogP contribution is -2.31. The van der Waals surface area contributed by atoms with Gasteiger partial charge >= 0.3 is 0 Å². The number of nitrogens with two attached hydrogens (primary N) is 1. The van der Waals surface area contributed by atoms with Crippen LogP contribution < -0.4 is 10.5 Å². The molecule has 0 bridgehead atoms. The third kappa shape index (κ3) is 2.70. The molecule has 4 heteroatoms. The lowest BCUT2D eigenvalue weighted by Gasteiger charge is -2.26. The van der Waals surface area contributed by atoms with Crippen LogP contribution in [0.5, 0.6) is 5.75 Å². The van der Waals surface area contributed by atoms with Crippen LogP contribution in [-0.4, -0.2) is 12.1 Å². The van der Waals surface area contributed by atoms with E-state index in [0.717, 1.165) is 37.8 Å². The fraction of sp³-hybridized carbons (Fsp3) is 0.500. The molecule has 1 aromatic rings. The maximum absolute atomic E-state index is 12.9. The van der Waals surface area contributed by atoms with Gasteiger partial charge in [0.05, 0.1) is 6.10 Å². The van der Waals surface area contributed by atoms with Gasteiger partial charge in [0.1, 0.15) is 5.75 Å².